The first-order chi connectivity index (χ1) is 15.1. The van der Waals surface area contributed by atoms with Crippen molar-refractivity contribution in [3.63, 3.8) is 0 Å². The fourth-order valence-corrected chi connectivity index (χ4v) is 5.33. The van der Waals surface area contributed by atoms with Crippen molar-refractivity contribution in [1.82, 2.24) is 0 Å². The first-order valence-electron chi connectivity index (χ1n) is 12.5. The highest BCUT2D eigenvalue weighted by molar-refractivity contribution is 7.60. The Morgan fingerprint density at radius 3 is 1.22 bits per heavy atom. The number of phosphoric acid groups is 2. The van der Waals surface area contributed by atoms with Crippen LogP contribution in [0, 0.1) is 0 Å². The van der Waals surface area contributed by atoms with Crippen LogP contribution >= 0.6 is 15.6 Å². The van der Waals surface area contributed by atoms with E-state index in [-0.39, 0.29) is 12.7 Å². The molecule has 4 N–H and O–H groups in total. The van der Waals surface area contributed by atoms with E-state index >= 15 is 0 Å². The largest absolute Gasteiger partial charge is 0.481 e. The fourth-order valence-electron chi connectivity index (χ4n) is 3.71. The summed E-state index contributed by atoms with van der Waals surface area (Å²) in [6.07, 6.45) is 22.5. The van der Waals surface area contributed by atoms with Gasteiger partial charge in [0.1, 0.15) is 0 Å². The molecule has 0 saturated heterocycles. The average molecular weight is 503 g/mol. The molecule has 0 radical (unpaired) electrons. The summed E-state index contributed by atoms with van der Waals surface area (Å²) in [5.41, 5.74) is 0. The van der Waals surface area contributed by atoms with Crippen LogP contribution in [0.15, 0.2) is 0 Å². The maximum Gasteiger partial charge on any atom is 0.481 e. The Labute approximate surface area is 195 Å². The molecule has 0 aromatic heterocycles. The summed E-state index contributed by atoms with van der Waals surface area (Å²) in [6.45, 7) is 1.81. The second-order valence-corrected chi connectivity index (χ2v) is 11.7. The van der Waals surface area contributed by atoms with E-state index in [1.165, 1.54) is 83.5 Å². The first-order valence-corrected chi connectivity index (χ1v) is 15.6. The standard InChI is InChI=1S/C22H48O8P2/c1-22(23)20-18-16-14-12-10-8-6-4-2-3-5-7-9-11-13-15-17-19-21-29-32(27,28)30-31(24,25)26/h22-23H,2-21H2,1H3,(H,27,28)(H2,24,25,26). The average Bonchev–Trinajstić information content (AvgIpc) is 2.67. The van der Waals surface area contributed by atoms with Crippen LogP contribution < -0.4 is 0 Å². The van der Waals surface area contributed by atoms with Gasteiger partial charge in [-0.25, -0.2) is 9.13 Å². The third-order valence-corrected chi connectivity index (χ3v) is 7.67. The van der Waals surface area contributed by atoms with Gasteiger partial charge in [0.15, 0.2) is 0 Å². The fraction of sp³-hybridized carbons (Fsp3) is 1.00. The zero-order valence-electron chi connectivity index (χ0n) is 20.0. The Bertz CT molecular complexity index is 510. The number of hydrogen-bond acceptors (Lipinski definition) is 5. The topological polar surface area (TPSA) is 134 Å². The Morgan fingerprint density at radius 1 is 0.594 bits per heavy atom. The van der Waals surface area contributed by atoms with Crippen LogP contribution in [-0.2, 0) is 18.0 Å². The van der Waals surface area contributed by atoms with Crippen molar-refractivity contribution < 1.29 is 37.8 Å². The highest BCUT2D eigenvalue weighted by Crippen LogP contribution is 2.57. The molecule has 0 aliphatic rings. The van der Waals surface area contributed by atoms with Gasteiger partial charge in [0.05, 0.1) is 12.7 Å². The number of aliphatic hydroxyl groups excluding tert-OH is 1. The molecule has 0 saturated carbocycles. The van der Waals surface area contributed by atoms with Gasteiger partial charge in [-0.15, -0.1) is 0 Å². The lowest BCUT2D eigenvalue weighted by Crippen LogP contribution is -1.98. The molecule has 0 amide bonds. The van der Waals surface area contributed by atoms with Crippen molar-refractivity contribution in [3.8, 4) is 0 Å². The molecule has 32 heavy (non-hydrogen) atoms. The van der Waals surface area contributed by atoms with Crippen LogP contribution in [0.4, 0.5) is 0 Å². The lowest BCUT2D eigenvalue weighted by Gasteiger charge is -2.12. The summed E-state index contributed by atoms with van der Waals surface area (Å²) in [4.78, 5) is 26.1. The quantitative estimate of drug-likeness (QED) is 0.0818. The van der Waals surface area contributed by atoms with E-state index in [4.69, 9.17) is 14.7 Å². The van der Waals surface area contributed by atoms with Gasteiger partial charge in [0.2, 0.25) is 0 Å². The number of hydrogen-bond donors (Lipinski definition) is 4. The van der Waals surface area contributed by atoms with Gasteiger partial charge in [-0.05, 0) is 19.8 Å². The van der Waals surface area contributed by atoms with Crippen molar-refractivity contribution >= 4 is 15.6 Å². The molecule has 0 aromatic rings. The Kier molecular flexibility index (Phi) is 20.7. The number of phosphoric ester groups is 1. The van der Waals surface area contributed by atoms with Gasteiger partial charge in [-0.1, -0.05) is 109 Å². The van der Waals surface area contributed by atoms with Crippen LogP contribution in [0.3, 0.4) is 0 Å². The molecule has 0 heterocycles. The van der Waals surface area contributed by atoms with Crippen molar-refractivity contribution in [2.45, 2.75) is 135 Å². The van der Waals surface area contributed by atoms with Crippen molar-refractivity contribution in [2.24, 2.45) is 0 Å². The van der Waals surface area contributed by atoms with E-state index in [2.05, 4.69) is 8.83 Å². The van der Waals surface area contributed by atoms with Gasteiger partial charge < -0.3 is 19.8 Å². The highest BCUT2D eigenvalue weighted by Gasteiger charge is 2.31. The zero-order valence-corrected chi connectivity index (χ0v) is 21.8. The zero-order chi connectivity index (χ0) is 24.1. The normalized spacial score (nSPS) is 15.0. The molecule has 0 fully saturated rings. The predicted octanol–water partition coefficient (Wildman–Crippen LogP) is 7.01. The predicted molar refractivity (Wildman–Crippen MR) is 128 cm³/mol. The maximum atomic E-state index is 11.3. The highest BCUT2D eigenvalue weighted by atomic mass is 31.3. The van der Waals surface area contributed by atoms with Gasteiger partial charge in [0.25, 0.3) is 0 Å². The lowest BCUT2D eigenvalue weighted by atomic mass is 10.0. The minimum Gasteiger partial charge on any atom is -0.393 e. The second kappa shape index (κ2) is 20.6. The molecule has 2 atom stereocenters. The van der Waals surface area contributed by atoms with E-state index in [9.17, 15) is 14.2 Å². The molecular weight excluding hydrogens is 454 g/mol. The minimum atomic E-state index is -5.03. The van der Waals surface area contributed by atoms with Gasteiger partial charge >= 0.3 is 15.6 Å². The van der Waals surface area contributed by atoms with Crippen LogP contribution in [0.5, 0.6) is 0 Å². The van der Waals surface area contributed by atoms with Gasteiger partial charge in [-0.3, -0.25) is 4.52 Å². The van der Waals surface area contributed by atoms with Crippen LogP contribution in [-0.4, -0.2) is 32.5 Å². The molecular formula is C22H48O8P2. The first kappa shape index (κ1) is 32.2. The third kappa shape index (κ3) is 26.5. The Balaban J connectivity index is 3.21. The summed E-state index contributed by atoms with van der Waals surface area (Å²) < 4.78 is 30.0. The third-order valence-electron chi connectivity index (χ3n) is 5.48. The summed E-state index contributed by atoms with van der Waals surface area (Å²) in [7, 11) is -9.71. The van der Waals surface area contributed by atoms with Gasteiger partial charge in [0, 0.05) is 0 Å². The van der Waals surface area contributed by atoms with Crippen LogP contribution in [0.1, 0.15) is 129 Å². The molecule has 194 valence electrons. The molecule has 8 nitrogen and oxygen atoms in total. The Morgan fingerprint density at radius 2 is 0.906 bits per heavy atom. The summed E-state index contributed by atoms with van der Waals surface area (Å²) >= 11 is 0. The molecule has 0 spiro atoms. The number of rotatable bonds is 24. The van der Waals surface area contributed by atoms with E-state index < -0.39 is 15.6 Å². The molecule has 0 aromatic carbocycles. The molecule has 0 bridgehead atoms. The summed E-state index contributed by atoms with van der Waals surface area (Å²) in [5, 5.41) is 9.21. The van der Waals surface area contributed by atoms with Crippen LogP contribution in [0.25, 0.3) is 0 Å². The van der Waals surface area contributed by atoms with Crippen molar-refractivity contribution in [1.29, 1.82) is 0 Å². The smallest absolute Gasteiger partial charge is 0.393 e. The second-order valence-electron chi connectivity index (χ2n) is 8.88. The van der Waals surface area contributed by atoms with Crippen molar-refractivity contribution in [3.05, 3.63) is 0 Å². The summed E-state index contributed by atoms with van der Waals surface area (Å²) in [6, 6.07) is 0. The monoisotopic (exact) mass is 502 g/mol. The molecule has 2 unspecified atom stereocenters. The maximum absolute atomic E-state index is 11.3. The molecule has 0 aliphatic heterocycles. The minimum absolute atomic E-state index is 0.0578. The van der Waals surface area contributed by atoms with Crippen LogP contribution in [0.2, 0.25) is 0 Å². The molecule has 10 heteroatoms. The SMILES string of the molecule is CC(O)CCCCCCCCCCCCCCCCCCCCOP(=O)(O)OP(=O)(O)O. The molecule has 0 rings (SSSR count). The summed E-state index contributed by atoms with van der Waals surface area (Å²) in [5.74, 6) is 0. The number of unbranched alkanes of at least 4 members (excludes halogenated alkanes) is 17. The van der Waals surface area contributed by atoms with E-state index in [1.807, 2.05) is 6.92 Å². The number of aliphatic hydroxyl groups is 1. The van der Waals surface area contributed by atoms with E-state index in [0.717, 1.165) is 32.1 Å². The molecule has 0 aliphatic carbocycles. The lowest BCUT2D eigenvalue weighted by molar-refractivity contribution is 0.175. The van der Waals surface area contributed by atoms with E-state index in [1.54, 1.807) is 0 Å². The Hall–Kier alpha value is 0.220. The van der Waals surface area contributed by atoms with Gasteiger partial charge in [-0.2, -0.15) is 4.31 Å². The van der Waals surface area contributed by atoms with Crippen molar-refractivity contribution in [2.75, 3.05) is 6.61 Å². The van der Waals surface area contributed by atoms with E-state index in [0.29, 0.717) is 6.42 Å².